The zero-order valence-electron chi connectivity index (χ0n) is 20.3. The number of hydrogen-bond donors (Lipinski definition) is 9. The van der Waals surface area contributed by atoms with Crippen LogP contribution in [0.1, 0.15) is 31.7 Å². The molecule has 0 spiro atoms. The number of benzene rings is 1. The first-order valence-electron chi connectivity index (χ1n) is 11.3. The number of phenols is 1. The van der Waals surface area contributed by atoms with E-state index in [4.69, 9.17) is 28.0 Å². The van der Waals surface area contributed by atoms with Crippen molar-refractivity contribution in [1.82, 2.24) is 16.0 Å². The van der Waals surface area contributed by atoms with Gasteiger partial charge < -0.3 is 49.1 Å². The highest BCUT2D eigenvalue weighted by molar-refractivity contribution is 5.96. The average molecular weight is 523 g/mol. The second-order valence-electron chi connectivity index (χ2n) is 8.29. The fraction of sp³-hybridized carbons (Fsp3) is 0.455. The van der Waals surface area contributed by atoms with E-state index in [-0.39, 0.29) is 31.1 Å². The second-order valence-corrected chi connectivity index (χ2v) is 8.29. The van der Waals surface area contributed by atoms with Gasteiger partial charge in [-0.15, -0.1) is 0 Å². The monoisotopic (exact) mass is 522 g/mol. The number of carboxylic acid groups (broad SMARTS) is 1. The lowest BCUT2D eigenvalue weighted by atomic mass is 10.0. The van der Waals surface area contributed by atoms with Gasteiger partial charge in [0.05, 0.1) is 12.5 Å². The van der Waals surface area contributed by atoms with Crippen molar-refractivity contribution in [3.05, 3.63) is 29.8 Å². The predicted molar refractivity (Wildman–Crippen MR) is 133 cm³/mol. The first-order valence-corrected chi connectivity index (χ1v) is 11.3. The second kappa shape index (κ2) is 14.9. The summed E-state index contributed by atoms with van der Waals surface area (Å²) in [6.07, 6.45) is -0.134. The maximum Gasteiger partial charge on any atom is 0.325 e. The molecule has 1 aromatic carbocycles. The first-order chi connectivity index (χ1) is 17.3. The Morgan fingerprint density at radius 1 is 0.919 bits per heavy atom. The molecule has 15 heteroatoms. The van der Waals surface area contributed by atoms with E-state index in [0.29, 0.717) is 12.0 Å². The molecule has 4 unspecified atom stereocenters. The Kier molecular flexibility index (Phi) is 12.3. The number of carbonyl (C=O) groups excluding carboxylic acids is 4. The minimum atomic E-state index is -1.46. The molecule has 0 aromatic heterocycles. The molecule has 204 valence electrons. The zero-order valence-corrected chi connectivity index (χ0v) is 20.3. The molecule has 37 heavy (non-hydrogen) atoms. The fourth-order valence-electron chi connectivity index (χ4n) is 3.06. The first kappa shape index (κ1) is 30.6. The summed E-state index contributed by atoms with van der Waals surface area (Å²) in [5.41, 5.74) is 22.1. The molecule has 4 atom stereocenters. The van der Waals surface area contributed by atoms with Crippen LogP contribution in [0.5, 0.6) is 5.75 Å². The molecule has 1 aromatic rings. The minimum Gasteiger partial charge on any atom is -0.508 e. The molecule has 0 aliphatic rings. The topological polar surface area (TPSA) is 278 Å². The van der Waals surface area contributed by atoms with Gasteiger partial charge in [0.15, 0.2) is 5.96 Å². The molecule has 0 saturated carbocycles. The Morgan fingerprint density at radius 3 is 2.03 bits per heavy atom. The van der Waals surface area contributed by atoms with Crippen LogP contribution in [0.25, 0.3) is 0 Å². The molecular weight excluding hydrogens is 488 g/mol. The summed E-state index contributed by atoms with van der Waals surface area (Å²) in [6.45, 7) is 1.47. The van der Waals surface area contributed by atoms with Crippen LogP contribution in [-0.4, -0.2) is 76.5 Å². The van der Waals surface area contributed by atoms with Gasteiger partial charge in [0.2, 0.25) is 23.6 Å². The van der Waals surface area contributed by atoms with Gasteiger partial charge in [-0.25, -0.2) is 0 Å². The maximum absolute atomic E-state index is 13.0. The van der Waals surface area contributed by atoms with Gasteiger partial charge in [-0.2, -0.15) is 0 Å². The normalized spacial score (nSPS) is 13.8. The lowest BCUT2D eigenvalue weighted by molar-refractivity contribution is -0.142. The summed E-state index contributed by atoms with van der Waals surface area (Å²) in [5.74, 6) is -4.81. The van der Waals surface area contributed by atoms with Crippen molar-refractivity contribution in [1.29, 1.82) is 0 Å². The van der Waals surface area contributed by atoms with Crippen molar-refractivity contribution in [2.45, 2.75) is 56.8 Å². The van der Waals surface area contributed by atoms with Crippen LogP contribution < -0.4 is 38.9 Å². The van der Waals surface area contributed by atoms with Gasteiger partial charge in [-0.1, -0.05) is 12.1 Å². The quantitative estimate of drug-likeness (QED) is 0.0630. The van der Waals surface area contributed by atoms with Crippen molar-refractivity contribution in [3.8, 4) is 5.75 Å². The summed E-state index contributed by atoms with van der Waals surface area (Å²) >= 11 is 0. The minimum absolute atomic E-state index is 0.0211. The van der Waals surface area contributed by atoms with E-state index in [1.54, 1.807) is 0 Å². The number of carbonyl (C=O) groups is 5. The van der Waals surface area contributed by atoms with Crippen molar-refractivity contribution in [3.63, 3.8) is 0 Å². The van der Waals surface area contributed by atoms with Crippen molar-refractivity contribution >= 4 is 35.6 Å². The number of aliphatic imine (C=N–C) groups is 1. The van der Waals surface area contributed by atoms with Gasteiger partial charge in [-0.05, 0) is 37.5 Å². The summed E-state index contributed by atoms with van der Waals surface area (Å²) in [7, 11) is 0. The van der Waals surface area contributed by atoms with E-state index < -0.39 is 60.2 Å². The number of nitrogens with two attached hydrogens (primary N) is 4. The molecule has 13 N–H and O–H groups in total. The number of hydrogen-bond acceptors (Lipinski definition) is 8. The van der Waals surface area contributed by atoms with E-state index in [2.05, 4.69) is 20.9 Å². The van der Waals surface area contributed by atoms with Gasteiger partial charge in [0.25, 0.3) is 0 Å². The summed E-state index contributed by atoms with van der Waals surface area (Å²) in [5, 5.41) is 25.6. The third-order valence-corrected chi connectivity index (χ3v) is 5.08. The van der Waals surface area contributed by atoms with Gasteiger partial charge in [0.1, 0.15) is 23.9 Å². The Hall–Kier alpha value is -4.40. The van der Waals surface area contributed by atoms with Crippen LogP contribution in [0.2, 0.25) is 0 Å². The molecular formula is C22H34N8O7. The molecule has 0 bridgehead atoms. The number of carboxylic acids is 1. The number of amides is 4. The number of nitrogens with zero attached hydrogens (tertiary/aromatic N) is 1. The summed E-state index contributed by atoms with van der Waals surface area (Å²) < 4.78 is 0. The molecule has 1 rings (SSSR count). The lowest BCUT2D eigenvalue weighted by Gasteiger charge is -2.24. The number of rotatable bonds is 15. The number of aromatic hydroxyl groups is 1. The zero-order chi connectivity index (χ0) is 28.1. The molecule has 0 aliphatic carbocycles. The maximum atomic E-state index is 13.0. The molecule has 0 aliphatic heterocycles. The number of nitrogens with one attached hydrogen (secondary N) is 3. The third kappa shape index (κ3) is 11.7. The van der Waals surface area contributed by atoms with Gasteiger partial charge >= 0.3 is 5.97 Å². The molecule has 0 radical (unpaired) electrons. The molecule has 0 fully saturated rings. The molecule has 0 saturated heterocycles. The van der Waals surface area contributed by atoms with Gasteiger partial charge in [0, 0.05) is 13.0 Å². The van der Waals surface area contributed by atoms with Crippen molar-refractivity contribution in [2.75, 3.05) is 6.54 Å². The SMILES string of the molecule is CC(NC(=O)C(Cc1ccc(O)cc1)NC(=O)C(CC(N)=O)NC(=O)C(N)CCCN=C(N)N)C(=O)O. The number of phenolic OH excluding ortho intramolecular Hbond substituents is 1. The molecule has 0 heterocycles. The third-order valence-electron chi connectivity index (χ3n) is 5.08. The van der Waals surface area contributed by atoms with Crippen LogP contribution in [0.15, 0.2) is 29.3 Å². The van der Waals surface area contributed by atoms with E-state index >= 15 is 0 Å². The number of guanidine groups is 1. The van der Waals surface area contributed by atoms with E-state index in [0.717, 1.165) is 0 Å². The lowest BCUT2D eigenvalue weighted by Crippen LogP contribution is -2.58. The summed E-state index contributed by atoms with van der Waals surface area (Å²) in [4.78, 5) is 64.8. The molecule has 4 amide bonds. The largest absolute Gasteiger partial charge is 0.508 e. The highest BCUT2D eigenvalue weighted by Crippen LogP contribution is 2.12. The van der Waals surface area contributed by atoms with Crippen LogP contribution in [0.4, 0.5) is 0 Å². The van der Waals surface area contributed by atoms with Crippen molar-refractivity contribution in [2.24, 2.45) is 27.9 Å². The summed E-state index contributed by atoms with van der Waals surface area (Å²) in [6, 6.07) is 0.696. The van der Waals surface area contributed by atoms with E-state index in [9.17, 15) is 29.1 Å². The average Bonchev–Trinajstić information content (AvgIpc) is 2.81. The molecule has 15 nitrogen and oxygen atoms in total. The van der Waals surface area contributed by atoms with Crippen LogP contribution in [0, 0.1) is 0 Å². The Bertz CT molecular complexity index is 995. The van der Waals surface area contributed by atoms with Gasteiger partial charge in [-0.3, -0.25) is 29.0 Å². The van der Waals surface area contributed by atoms with Crippen molar-refractivity contribution < 1.29 is 34.2 Å². The van der Waals surface area contributed by atoms with Crippen LogP contribution >= 0.6 is 0 Å². The standard InChI is InChI=1S/C22H34N8O7/c1-11(21(36)37)28-19(34)15(9-12-4-6-13(31)7-5-12)30-20(35)16(10-17(24)32)29-18(33)14(23)3-2-8-27-22(25)26/h4-7,11,14-16,31H,2-3,8-10,23H2,1H3,(H2,24,32)(H,28,34)(H,29,33)(H,30,35)(H,36,37)(H4,25,26,27). The smallest absolute Gasteiger partial charge is 0.325 e. The van der Waals surface area contributed by atoms with Crippen LogP contribution in [0.3, 0.4) is 0 Å². The fourth-order valence-corrected chi connectivity index (χ4v) is 3.06. The Morgan fingerprint density at radius 2 is 1.49 bits per heavy atom. The van der Waals surface area contributed by atoms with E-state index in [1.807, 2.05) is 0 Å². The number of primary amides is 1. The number of aliphatic carboxylic acids is 1. The Labute approximate surface area is 213 Å². The highest BCUT2D eigenvalue weighted by Gasteiger charge is 2.30. The Balaban J connectivity index is 3.00. The van der Waals surface area contributed by atoms with Crippen LogP contribution in [-0.2, 0) is 30.4 Å². The predicted octanol–water partition coefficient (Wildman–Crippen LogP) is -3.25. The highest BCUT2D eigenvalue weighted by atomic mass is 16.4. The van der Waals surface area contributed by atoms with E-state index in [1.165, 1.54) is 31.2 Å².